The van der Waals surface area contributed by atoms with E-state index in [0.29, 0.717) is 6.04 Å². The summed E-state index contributed by atoms with van der Waals surface area (Å²) in [4.78, 5) is 25.3. The van der Waals surface area contributed by atoms with Crippen molar-refractivity contribution < 1.29 is 9.53 Å². The second-order valence-electron chi connectivity index (χ2n) is 6.20. The Hall–Kier alpha value is -1.69. The number of carbonyl (C=O) groups excluding carboxylic acids is 1. The van der Waals surface area contributed by atoms with E-state index in [1.165, 1.54) is 7.11 Å². The molecule has 6 heteroatoms. The molecule has 0 spiro atoms. The van der Waals surface area contributed by atoms with Crippen molar-refractivity contribution in [1.82, 2.24) is 14.9 Å². The fourth-order valence-electron chi connectivity index (χ4n) is 3.56. The zero-order valence-corrected chi connectivity index (χ0v) is 13.4. The summed E-state index contributed by atoms with van der Waals surface area (Å²) < 4.78 is 4.95. The topological polar surface area (TPSA) is 58.6 Å². The molecule has 22 heavy (non-hydrogen) atoms. The molecule has 120 valence electrons. The minimum atomic E-state index is -0.0817. The van der Waals surface area contributed by atoms with Crippen molar-refractivity contribution in [3.8, 4) is 0 Å². The average molecular weight is 304 g/mol. The lowest BCUT2D eigenvalue weighted by atomic mass is 10.0. The van der Waals surface area contributed by atoms with Gasteiger partial charge in [0.2, 0.25) is 5.95 Å². The Bertz CT molecular complexity index is 511. The van der Waals surface area contributed by atoms with Crippen LogP contribution >= 0.6 is 0 Å². The molecule has 2 saturated heterocycles. The zero-order valence-electron chi connectivity index (χ0n) is 13.4. The lowest BCUT2D eigenvalue weighted by molar-refractivity contribution is -0.146. The fraction of sp³-hybridized carbons (Fsp3) is 0.688. The third-order valence-electron chi connectivity index (χ3n) is 4.75. The van der Waals surface area contributed by atoms with Gasteiger partial charge in [0, 0.05) is 31.5 Å². The monoisotopic (exact) mass is 304 g/mol. The normalized spacial score (nSPS) is 23.7. The number of esters is 1. The highest BCUT2D eigenvalue weighted by molar-refractivity contribution is 5.76. The van der Waals surface area contributed by atoms with E-state index in [1.807, 2.05) is 19.3 Å². The Labute approximate surface area is 131 Å². The number of methoxy groups -OCH3 is 1. The van der Waals surface area contributed by atoms with Gasteiger partial charge in [-0.1, -0.05) is 0 Å². The van der Waals surface area contributed by atoms with Gasteiger partial charge in [-0.2, -0.15) is 0 Å². The molecular weight excluding hydrogens is 280 g/mol. The third kappa shape index (κ3) is 3.06. The predicted octanol–water partition coefficient (Wildman–Crippen LogP) is 1.39. The summed E-state index contributed by atoms with van der Waals surface area (Å²) in [6.07, 6.45) is 7.83. The van der Waals surface area contributed by atoms with Crippen molar-refractivity contribution in [2.24, 2.45) is 0 Å². The van der Waals surface area contributed by atoms with Crippen LogP contribution in [0.4, 0.5) is 5.95 Å². The number of nitrogens with zero attached hydrogens (tertiary/aromatic N) is 4. The van der Waals surface area contributed by atoms with Crippen LogP contribution in [0.3, 0.4) is 0 Å². The predicted molar refractivity (Wildman–Crippen MR) is 83.7 cm³/mol. The molecule has 0 bridgehead atoms. The van der Waals surface area contributed by atoms with Crippen LogP contribution in [0.5, 0.6) is 0 Å². The number of piperidine rings is 1. The highest BCUT2D eigenvalue weighted by atomic mass is 16.5. The van der Waals surface area contributed by atoms with Gasteiger partial charge in [-0.3, -0.25) is 9.69 Å². The Kier molecular flexibility index (Phi) is 4.57. The Morgan fingerprint density at radius 1 is 1.18 bits per heavy atom. The molecule has 3 rings (SSSR count). The van der Waals surface area contributed by atoms with Crippen molar-refractivity contribution in [3.63, 3.8) is 0 Å². The highest BCUT2D eigenvalue weighted by Gasteiger charge is 2.37. The van der Waals surface area contributed by atoms with Crippen LogP contribution in [0.1, 0.15) is 31.2 Å². The van der Waals surface area contributed by atoms with Gasteiger partial charge in [0.1, 0.15) is 6.04 Å². The quantitative estimate of drug-likeness (QED) is 0.787. The molecule has 3 heterocycles. The van der Waals surface area contributed by atoms with Crippen LogP contribution in [-0.4, -0.2) is 59.7 Å². The number of hydrogen-bond donors (Lipinski definition) is 0. The first kappa shape index (κ1) is 15.2. The Morgan fingerprint density at radius 2 is 1.86 bits per heavy atom. The number of aromatic nitrogens is 2. The van der Waals surface area contributed by atoms with Crippen LogP contribution in [0, 0.1) is 6.92 Å². The number of ether oxygens (including phenoxy) is 1. The molecule has 0 aliphatic carbocycles. The maximum Gasteiger partial charge on any atom is 0.323 e. The van der Waals surface area contributed by atoms with E-state index in [0.717, 1.165) is 56.8 Å². The van der Waals surface area contributed by atoms with Crippen molar-refractivity contribution in [2.75, 3.05) is 31.6 Å². The molecule has 0 unspecified atom stereocenters. The van der Waals surface area contributed by atoms with E-state index in [-0.39, 0.29) is 12.0 Å². The van der Waals surface area contributed by atoms with E-state index in [2.05, 4.69) is 19.8 Å². The second kappa shape index (κ2) is 6.60. The molecule has 2 aliphatic rings. The smallest absolute Gasteiger partial charge is 0.323 e. The lowest BCUT2D eigenvalue weighted by Crippen LogP contribution is -2.49. The summed E-state index contributed by atoms with van der Waals surface area (Å²) in [5.74, 6) is 0.733. The molecule has 1 aromatic heterocycles. The van der Waals surface area contributed by atoms with Gasteiger partial charge in [-0.05, 0) is 44.7 Å². The molecule has 1 atom stereocenters. The first-order chi connectivity index (χ1) is 10.7. The molecule has 2 aliphatic heterocycles. The molecule has 0 amide bonds. The first-order valence-electron chi connectivity index (χ1n) is 8.06. The largest absolute Gasteiger partial charge is 0.468 e. The number of aryl methyl sites for hydroxylation is 1. The standard InChI is InChI=1S/C16H24N4O2/c1-12-10-17-16(18-11-12)19-8-5-13(6-9-19)20-7-3-4-14(20)15(21)22-2/h10-11,13-14H,3-9H2,1-2H3/t14-/m0/s1. The van der Waals surface area contributed by atoms with E-state index in [1.54, 1.807) is 0 Å². The maximum atomic E-state index is 11.9. The van der Waals surface area contributed by atoms with Crippen molar-refractivity contribution >= 4 is 11.9 Å². The summed E-state index contributed by atoms with van der Waals surface area (Å²) in [6, 6.07) is 0.422. The van der Waals surface area contributed by atoms with Gasteiger partial charge in [0.25, 0.3) is 0 Å². The van der Waals surface area contributed by atoms with Crippen LogP contribution in [0.25, 0.3) is 0 Å². The number of rotatable bonds is 3. The van der Waals surface area contributed by atoms with Crippen molar-refractivity contribution in [1.29, 1.82) is 0 Å². The number of likely N-dealkylation sites (tertiary alicyclic amines) is 1. The average Bonchev–Trinajstić information content (AvgIpc) is 3.04. The van der Waals surface area contributed by atoms with Gasteiger partial charge in [-0.25, -0.2) is 9.97 Å². The second-order valence-corrected chi connectivity index (χ2v) is 6.20. The Balaban J connectivity index is 1.59. The summed E-state index contributed by atoms with van der Waals surface area (Å²) in [6.45, 7) is 4.89. The van der Waals surface area contributed by atoms with Gasteiger partial charge < -0.3 is 9.64 Å². The molecule has 0 saturated carbocycles. The van der Waals surface area contributed by atoms with Crippen molar-refractivity contribution in [3.05, 3.63) is 18.0 Å². The number of carbonyl (C=O) groups is 1. The first-order valence-corrected chi connectivity index (χ1v) is 8.06. The Morgan fingerprint density at radius 3 is 2.50 bits per heavy atom. The van der Waals surface area contributed by atoms with Crippen molar-refractivity contribution in [2.45, 2.75) is 44.7 Å². The van der Waals surface area contributed by atoms with Gasteiger partial charge >= 0.3 is 5.97 Å². The molecule has 0 aromatic carbocycles. The van der Waals surface area contributed by atoms with Crippen LogP contribution < -0.4 is 4.90 Å². The summed E-state index contributed by atoms with van der Waals surface area (Å²) in [5, 5.41) is 0. The number of hydrogen-bond acceptors (Lipinski definition) is 6. The van der Waals surface area contributed by atoms with Gasteiger partial charge in [0.05, 0.1) is 7.11 Å². The van der Waals surface area contributed by atoms with Gasteiger partial charge in [0.15, 0.2) is 0 Å². The van der Waals surface area contributed by atoms with Crippen LogP contribution in [-0.2, 0) is 9.53 Å². The molecular formula is C16H24N4O2. The molecule has 0 N–H and O–H groups in total. The lowest BCUT2D eigenvalue weighted by Gasteiger charge is -2.38. The SMILES string of the molecule is COC(=O)[C@@H]1CCCN1C1CCN(c2ncc(C)cn2)CC1. The van der Waals surface area contributed by atoms with Crippen LogP contribution in [0.15, 0.2) is 12.4 Å². The summed E-state index contributed by atoms with van der Waals surface area (Å²) in [7, 11) is 1.48. The van der Waals surface area contributed by atoms with E-state index >= 15 is 0 Å². The fourth-order valence-corrected chi connectivity index (χ4v) is 3.56. The summed E-state index contributed by atoms with van der Waals surface area (Å²) in [5.41, 5.74) is 1.08. The molecule has 1 aromatic rings. The third-order valence-corrected chi connectivity index (χ3v) is 4.75. The van der Waals surface area contributed by atoms with E-state index < -0.39 is 0 Å². The van der Waals surface area contributed by atoms with Gasteiger partial charge in [-0.15, -0.1) is 0 Å². The maximum absolute atomic E-state index is 11.9. The molecule has 2 fully saturated rings. The number of anilines is 1. The van der Waals surface area contributed by atoms with Crippen LogP contribution in [0.2, 0.25) is 0 Å². The van der Waals surface area contributed by atoms with E-state index in [4.69, 9.17) is 4.74 Å². The minimum absolute atomic E-state index is 0.0443. The molecule has 6 nitrogen and oxygen atoms in total. The molecule has 0 radical (unpaired) electrons. The highest BCUT2D eigenvalue weighted by Crippen LogP contribution is 2.27. The summed E-state index contributed by atoms with van der Waals surface area (Å²) >= 11 is 0. The van der Waals surface area contributed by atoms with E-state index in [9.17, 15) is 4.79 Å². The minimum Gasteiger partial charge on any atom is -0.468 e. The zero-order chi connectivity index (χ0) is 15.5.